The van der Waals surface area contributed by atoms with Gasteiger partial charge >= 0.3 is 6.18 Å². The number of alkyl halides is 3. The smallest absolute Gasteiger partial charge is 0.291 e. The van der Waals surface area contributed by atoms with Crippen LogP contribution in [0.15, 0.2) is 41.4 Å². The maximum atomic E-state index is 12.9. The molecule has 3 nitrogen and oxygen atoms in total. The van der Waals surface area contributed by atoms with Gasteiger partial charge in [-0.05, 0) is 29.8 Å². The van der Waals surface area contributed by atoms with Crippen molar-refractivity contribution >= 4 is 35.1 Å². The van der Waals surface area contributed by atoms with E-state index in [0.29, 0.717) is 11.4 Å². The van der Waals surface area contributed by atoms with E-state index in [1.54, 1.807) is 12.3 Å². The third kappa shape index (κ3) is 3.30. The van der Waals surface area contributed by atoms with E-state index in [9.17, 15) is 18.0 Å². The lowest BCUT2D eigenvalue weighted by atomic mass is 10.1. The van der Waals surface area contributed by atoms with Crippen molar-refractivity contribution in [3.05, 3.63) is 52.7 Å². The van der Waals surface area contributed by atoms with Gasteiger partial charge in [0, 0.05) is 6.20 Å². The van der Waals surface area contributed by atoms with E-state index >= 15 is 0 Å². The molecule has 0 saturated carbocycles. The van der Waals surface area contributed by atoms with Crippen molar-refractivity contribution in [3.8, 4) is 0 Å². The number of benzene rings is 1. The molecule has 0 bridgehead atoms. The van der Waals surface area contributed by atoms with E-state index in [1.807, 2.05) is 6.07 Å². The second-order valence-corrected chi connectivity index (χ2v) is 6.33. The van der Waals surface area contributed by atoms with Gasteiger partial charge in [0.2, 0.25) is 5.91 Å². The summed E-state index contributed by atoms with van der Waals surface area (Å²) < 4.78 is 38.8. The van der Waals surface area contributed by atoms with Crippen LogP contribution in [0.4, 0.5) is 19.0 Å². The second kappa shape index (κ2) is 6.05. The number of rotatable bonds is 2. The Labute approximate surface area is 139 Å². The van der Waals surface area contributed by atoms with Crippen LogP contribution in [0.3, 0.4) is 0 Å². The molecule has 1 amide bonds. The number of nitrogens with zero attached hydrogens (tertiary/aromatic N) is 2. The highest BCUT2D eigenvalue weighted by molar-refractivity contribution is 8.00. The summed E-state index contributed by atoms with van der Waals surface area (Å²) in [7, 11) is 0. The average molecular weight is 359 g/mol. The highest BCUT2D eigenvalue weighted by atomic mass is 35.5. The van der Waals surface area contributed by atoms with Gasteiger partial charge in [-0.25, -0.2) is 4.98 Å². The molecule has 2 heterocycles. The van der Waals surface area contributed by atoms with Crippen molar-refractivity contribution < 1.29 is 18.0 Å². The Balaban J connectivity index is 1.95. The zero-order valence-electron chi connectivity index (χ0n) is 11.6. The van der Waals surface area contributed by atoms with Crippen LogP contribution in [0.2, 0.25) is 5.02 Å². The standard InChI is InChI=1S/C15H10ClF3N2OS/c16-11-4-3-9(6-10(11)15(17,18)19)7-21-13(22)8-23-12-2-1-5-20-14(12)21/h1-6H,7-8H2. The monoisotopic (exact) mass is 358 g/mol. The third-order valence-electron chi connectivity index (χ3n) is 3.34. The molecule has 0 spiro atoms. The van der Waals surface area contributed by atoms with Crippen molar-refractivity contribution in [2.24, 2.45) is 0 Å². The van der Waals surface area contributed by atoms with Crippen molar-refractivity contribution in [1.82, 2.24) is 4.98 Å². The summed E-state index contributed by atoms with van der Waals surface area (Å²) in [6, 6.07) is 7.23. The third-order valence-corrected chi connectivity index (χ3v) is 4.69. The van der Waals surface area contributed by atoms with Crippen LogP contribution >= 0.6 is 23.4 Å². The molecular formula is C15H10ClF3N2OS. The summed E-state index contributed by atoms with van der Waals surface area (Å²) in [5, 5.41) is -0.361. The molecule has 120 valence electrons. The lowest BCUT2D eigenvalue weighted by molar-refractivity contribution is -0.137. The van der Waals surface area contributed by atoms with Crippen LogP contribution in [0.1, 0.15) is 11.1 Å². The summed E-state index contributed by atoms with van der Waals surface area (Å²) in [6.45, 7) is 0.0175. The molecule has 0 aliphatic carbocycles. The Bertz CT molecular complexity index is 767. The molecule has 0 fully saturated rings. The minimum Gasteiger partial charge on any atom is -0.291 e. The Morgan fingerprint density at radius 3 is 2.83 bits per heavy atom. The Morgan fingerprint density at radius 2 is 2.09 bits per heavy atom. The first kappa shape index (κ1) is 16.1. The van der Waals surface area contributed by atoms with Crippen LogP contribution in [-0.2, 0) is 17.5 Å². The first-order chi connectivity index (χ1) is 10.9. The number of aromatic nitrogens is 1. The quantitative estimate of drug-likeness (QED) is 0.798. The van der Waals surface area contributed by atoms with Crippen LogP contribution in [-0.4, -0.2) is 16.6 Å². The van der Waals surface area contributed by atoms with Gasteiger partial charge in [0.25, 0.3) is 0 Å². The second-order valence-electron chi connectivity index (χ2n) is 4.91. The van der Waals surface area contributed by atoms with Gasteiger partial charge in [0.15, 0.2) is 0 Å². The number of hydrogen-bond acceptors (Lipinski definition) is 3. The van der Waals surface area contributed by atoms with Crippen LogP contribution < -0.4 is 4.90 Å². The number of halogens is 4. The fraction of sp³-hybridized carbons (Fsp3) is 0.200. The van der Waals surface area contributed by atoms with Gasteiger partial charge in [-0.3, -0.25) is 9.69 Å². The number of carbonyl (C=O) groups excluding carboxylic acids is 1. The molecule has 1 aliphatic heterocycles. The van der Waals surface area contributed by atoms with Crippen LogP contribution in [0.5, 0.6) is 0 Å². The van der Waals surface area contributed by atoms with Crippen molar-refractivity contribution in [2.45, 2.75) is 17.6 Å². The Morgan fingerprint density at radius 1 is 1.30 bits per heavy atom. The minimum absolute atomic E-state index is 0.0175. The molecule has 1 aromatic carbocycles. The largest absolute Gasteiger partial charge is 0.417 e. The summed E-state index contributed by atoms with van der Waals surface area (Å²) in [4.78, 5) is 18.5. The lowest BCUT2D eigenvalue weighted by Gasteiger charge is -2.27. The first-order valence-electron chi connectivity index (χ1n) is 6.60. The molecule has 0 N–H and O–H groups in total. The number of hydrogen-bond donors (Lipinski definition) is 0. The Hall–Kier alpha value is -1.73. The number of carbonyl (C=O) groups is 1. The van der Waals surface area contributed by atoms with E-state index < -0.39 is 11.7 Å². The average Bonchev–Trinajstić information content (AvgIpc) is 2.50. The molecule has 0 unspecified atom stereocenters. The van der Waals surface area contributed by atoms with Crippen molar-refractivity contribution in [3.63, 3.8) is 0 Å². The van der Waals surface area contributed by atoms with Gasteiger partial charge in [-0.1, -0.05) is 17.7 Å². The predicted octanol–water partition coefficient (Wildman–Crippen LogP) is 4.39. The summed E-state index contributed by atoms with van der Waals surface area (Å²) >= 11 is 6.98. The number of fused-ring (bicyclic) bond motifs is 1. The van der Waals surface area contributed by atoms with E-state index in [-0.39, 0.29) is 23.2 Å². The van der Waals surface area contributed by atoms with Gasteiger partial charge < -0.3 is 0 Å². The maximum absolute atomic E-state index is 12.9. The van der Waals surface area contributed by atoms with E-state index in [4.69, 9.17) is 11.6 Å². The molecule has 3 rings (SSSR count). The SMILES string of the molecule is O=C1CSc2cccnc2N1Cc1ccc(Cl)c(C(F)(F)F)c1. The fourth-order valence-corrected chi connectivity index (χ4v) is 3.39. The van der Waals surface area contributed by atoms with Gasteiger partial charge in [-0.2, -0.15) is 13.2 Å². The molecule has 23 heavy (non-hydrogen) atoms. The first-order valence-corrected chi connectivity index (χ1v) is 7.96. The van der Waals surface area contributed by atoms with Crippen LogP contribution in [0.25, 0.3) is 0 Å². The number of pyridine rings is 1. The molecule has 0 atom stereocenters. The van der Waals surface area contributed by atoms with Crippen LogP contribution in [0, 0.1) is 0 Å². The number of amides is 1. The molecule has 1 aliphatic rings. The molecular weight excluding hydrogens is 349 g/mol. The highest BCUT2D eigenvalue weighted by Crippen LogP contribution is 2.37. The van der Waals surface area contributed by atoms with Gasteiger partial charge in [0.05, 0.1) is 27.8 Å². The topological polar surface area (TPSA) is 33.2 Å². The van der Waals surface area contributed by atoms with E-state index in [1.165, 1.54) is 28.8 Å². The minimum atomic E-state index is -4.54. The predicted molar refractivity (Wildman–Crippen MR) is 82.6 cm³/mol. The summed E-state index contributed by atoms with van der Waals surface area (Å²) in [6.07, 6.45) is -2.99. The summed E-state index contributed by atoms with van der Waals surface area (Å²) in [5.41, 5.74) is -0.560. The molecule has 8 heteroatoms. The normalized spacial score (nSPS) is 14.8. The van der Waals surface area contributed by atoms with E-state index in [2.05, 4.69) is 4.98 Å². The molecule has 0 saturated heterocycles. The number of anilines is 1. The maximum Gasteiger partial charge on any atom is 0.417 e. The van der Waals surface area contributed by atoms with E-state index in [0.717, 1.165) is 11.0 Å². The fourth-order valence-electron chi connectivity index (χ4n) is 2.27. The van der Waals surface area contributed by atoms with Crippen molar-refractivity contribution in [2.75, 3.05) is 10.7 Å². The molecule has 0 radical (unpaired) electrons. The molecule has 2 aromatic rings. The number of thioether (sulfide) groups is 1. The van der Waals surface area contributed by atoms with Gasteiger partial charge in [-0.15, -0.1) is 11.8 Å². The lowest BCUT2D eigenvalue weighted by Crippen LogP contribution is -2.35. The zero-order valence-corrected chi connectivity index (χ0v) is 13.2. The zero-order chi connectivity index (χ0) is 16.6. The Kier molecular flexibility index (Phi) is 4.25. The van der Waals surface area contributed by atoms with Crippen molar-refractivity contribution in [1.29, 1.82) is 0 Å². The molecule has 1 aromatic heterocycles. The summed E-state index contributed by atoms with van der Waals surface area (Å²) in [5.74, 6) is 0.514. The van der Waals surface area contributed by atoms with Gasteiger partial charge in [0.1, 0.15) is 5.82 Å². The highest BCUT2D eigenvalue weighted by Gasteiger charge is 2.34.